The Morgan fingerprint density at radius 2 is 2.21 bits per heavy atom. The van der Waals surface area contributed by atoms with Crippen molar-refractivity contribution in [3.8, 4) is 5.88 Å². The van der Waals surface area contributed by atoms with Gasteiger partial charge in [-0.25, -0.2) is 0 Å². The average molecular weight is 283 g/mol. The van der Waals surface area contributed by atoms with Crippen molar-refractivity contribution in [2.24, 2.45) is 0 Å². The first-order valence-corrected chi connectivity index (χ1v) is 7.34. The highest BCUT2D eigenvalue weighted by Crippen LogP contribution is 2.18. The summed E-state index contributed by atoms with van der Waals surface area (Å²) in [6, 6.07) is 1.27. The molecule has 0 aromatic carbocycles. The van der Waals surface area contributed by atoms with Gasteiger partial charge in [0.1, 0.15) is 0 Å². The van der Waals surface area contributed by atoms with Crippen LogP contribution in [0.1, 0.15) is 32.1 Å². The molecule has 0 aliphatic heterocycles. The van der Waals surface area contributed by atoms with Gasteiger partial charge in [-0.2, -0.15) is 4.98 Å². The highest BCUT2D eigenvalue weighted by molar-refractivity contribution is 7.99. The Hall–Kier alpha value is -1.50. The van der Waals surface area contributed by atoms with Gasteiger partial charge in [0.2, 0.25) is 11.8 Å². The number of aromatic amines is 1. The second-order valence-electron chi connectivity index (χ2n) is 4.60. The molecule has 19 heavy (non-hydrogen) atoms. The zero-order valence-electron chi connectivity index (χ0n) is 10.5. The molecule has 6 nitrogen and oxygen atoms in total. The minimum Gasteiger partial charge on any atom is -0.493 e. The summed E-state index contributed by atoms with van der Waals surface area (Å²) in [4.78, 5) is 29.0. The second-order valence-corrected chi connectivity index (χ2v) is 5.56. The van der Waals surface area contributed by atoms with Crippen LogP contribution in [0, 0.1) is 0 Å². The van der Waals surface area contributed by atoms with Crippen molar-refractivity contribution in [1.82, 2.24) is 15.3 Å². The molecule has 1 amide bonds. The predicted molar refractivity (Wildman–Crippen MR) is 72.3 cm³/mol. The van der Waals surface area contributed by atoms with E-state index in [1.807, 2.05) is 0 Å². The first-order chi connectivity index (χ1) is 9.13. The Labute approximate surface area is 115 Å². The highest BCUT2D eigenvalue weighted by atomic mass is 32.2. The molecule has 2 rings (SSSR count). The van der Waals surface area contributed by atoms with Crippen LogP contribution in [0.15, 0.2) is 16.0 Å². The van der Waals surface area contributed by atoms with Crippen LogP contribution >= 0.6 is 11.8 Å². The predicted octanol–water partition coefficient (Wildman–Crippen LogP) is 1.02. The number of H-pyrrole nitrogens is 1. The summed E-state index contributed by atoms with van der Waals surface area (Å²) < 4.78 is 0. The van der Waals surface area contributed by atoms with Gasteiger partial charge in [-0.15, -0.1) is 0 Å². The average Bonchev–Trinajstić information content (AvgIpc) is 2.36. The zero-order chi connectivity index (χ0) is 13.7. The van der Waals surface area contributed by atoms with Crippen LogP contribution in [0.2, 0.25) is 0 Å². The molecule has 0 radical (unpaired) electrons. The maximum absolute atomic E-state index is 11.7. The quantitative estimate of drug-likeness (QED) is 0.566. The molecule has 1 aliphatic rings. The summed E-state index contributed by atoms with van der Waals surface area (Å²) in [6.45, 7) is 0. The van der Waals surface area contributed by atoms with E-state index in [9.17, 15) is 14.7 Å². The number of amides is 1. The number of rotatable bonds is 4. The van der Waals surface area contributed by atoms with Crippen molar-refractivity contribution < 1.29 is 9.90 Å². The topological polar surface area (TPSA) is 95.1 Å². The van der Waals surface area contributed by atoms with Gasteiger partial charge in [-0.1, -0.05) is 31.0 Å². The van der Waals surface area contributed by atoms with E-state index in [0.717, 1.165) is 30.7 Å². The van der Waals surface area contributed by atoms with Crippen LogP contribution in [0.5, 0.6) is 5.88 Å². The lowest BCUT2D eigenvalue weighted by molar-refractivity contribution is -0.119. The lowest BCUT2D eigenvalue weighted by Gasteiger charge is -2.22. The van der Waals surface area contributed by atoms with E-state index in [1.54, 1.807) is 0 Å². The number of carbonyl (C=O) groups is 1. The number of carbonyl (C=O) groups excluding carboxylic acids is 1. The van der Waals surface area contributed by atoms with Crippen molar-refractivity contribution in [2.45, 2.75) is 43.3 Å². The summed E-state index contributed by atoms with van der Waals surface area (Å²) in [5, 5.41) is 12.4. The number of nitrogens with zero attached hydrogens (tertiary/aromatic N) is 1. The van der Waals surface area contributed by atoms with Gasteiger partial charge in [0.15, 0.2) is 5.16 Å². The number of nitrogens with one attached hydrogen (secondary N) is 2. The van der Waals surface area contributed by atoms with Crippen LogP contribution in [0.3, 0.4) is 0 Å². The number of aromatic hydroxyl groups is 1. The van der Waals surface area contributed by atoms with E-state index in [0.29, 0.717) is 0 Å². The van der Waals surface area contributed by atoms with E-state index in [1.165, 1.54) is 19.3 Å². The summed E-state index contributed by atoms with van der Waals surface area (Å²) in [5.41, 5.74) is -0.428. The fraction of sp³-hybridized carbons (Fsp3) is 0.583. The van der Waals surface area contributed by atoms with Gasteiger partial charge in [-0.3, -0.25) is 9.59 Å². The molecule has 1 heterocycles. The third-order valence-electron chi connectivity index (χ3n) is 3.02. The van der Waals surface area contributed by atoms with Gasteiger partial charge < -0.3 is 15.4 Å². The molecule has 7 heteroatoms. The number of aromatic nitrogens is 2. The third-order valence-corrected chi connectivity index (χ3v) is 3.89. The lowest BCUT2D eigenvalue weighted by atomic mass is 9.95. The second kappa shape index (κ2) is 6.60. The van der Waals surface area contributed by atoms with Gasteiger partial charge >= 0.3 is 0 Å². The Morgan fingerprint density at radius 1 is 1.47 bits per heavy atom. The van der Waals surface area contributed by atoms with E-state index < -0.39 is 5.56 Å². The SMILES string of the molecule is O=C(CSc1nc(O)cc(=O)[nH]1)NC1CCCCC1. The molecule has 0 bridgehead atoms. The Balaban J connectivity index is 1.80. The van der Waals surface area contributed by atoms with Gasteiger partial charge in [0.25, 0.3) is 5.56 Å². The van der Waals surface area contributed by atoms with Crippen LogP contribution in [-0.2, 0) is 4.79 Å². The van der Waals surface area contributed by atoms with E-state index >= 15 is 0 Å². The van der Waals surface area contributed by atoms with Gasteiger partial charge in [0.05, 0.1) is 11.8 Å². The fourth-order valence-corrected chi connectivity index (χ4v) is 2.82. The highest BCUT2D eigenvalue weighted by Gasteiger charge is 2.15. The molecule has 0 saturated heterocycles. The van der Waals surface area contributed by atoms with Crippen LogP contribution in [0.4, 0.5) is 0 Å². The number of thioether (sulfide) groups is 1. The third kappa shape index (κ3) is 4.59. The Morgan fingerprint density at radius 3 is 2.89 bits per heavy atom. The van der Waals surface area contributed by atoms with Crippen LogP contribution in [0.25, 0.3) is 0 Å². The van der Waals surface area contributed by atoms with E-state index in [2.05, 4.69) is 15.3 Å². The van der Waals surface area contributed by atoms with Crippen molar-refractivity contribution in [3.05, 3.63) is 16.4 Å². The Kier molecular flexibility index (Phi) is 4.84. The minimum absolute atomic E-state index is 0.0668. The molecule has 1 aromatic heterocycles. The summed E-state index contributed by atoms with van der Waals surface area (Å²) in [6.07, 6.45) is 5.66. The standard InChI is InChI=1S/C12H17N3O3S/c16-9-6-10(17)15-12(14-9)19-7-11(18)13-8-4-2-1-3-5-8/h6,8H,1-5,7H2,(H,13,18)(H2,14,15,16,17). The lowest BCUT2D eigenvalue weighted by Crippen LogP contribution is -2.37. The number of hydrogen-bond acceptors (Lipinski definition) is 5. The molecule has 1 aliphatic carbocycles. The minimum atomic E-state index is -0.428. The molecular weight excluding hydrogens is 266 g/mol. The molecular formula is C12H17N3O3S. The number of hydrogen-bond donors (Lipinski definition) is 3. The van der Waals surface area contributed by atoms with E-state index in [4.69, 9.17) is 0 Å². The van der Waals surface area contributed by atoms with Crippen molar-refractivity contribution >= 4 is 17.7 Å². The van der Waals surface area contributed by atoms with E-state index in [-0.39, 0.29) is 28.7 Å². The van der Waals surface area contributed by atoms with Crippen LogP contribution < -0.4 is 10.9 Å². The maximum atomic E-state index is 11.7. The fourth-order valence-electron chi connectivity index (χ4n) is 2.14. The molecule has 1 aromatic rings. The molecule has 1 saturated carbocycles. The summed E-state index contributed by atoms with van der Waals surface area (Å²) >= 11 is 1.11. The van der Waals surface area contributed by atoms with Crippen LogP contribution in [-0.4, -0.2) is 32.8 Å². The smallest absolute Gasteiger partial charge is 0.255 e. The summed E-state index contributed by atoms with van der Waals surface area (Å²) in [5.74, 6) is -0.218. The Bertz CT molecular complexity index is 497. The first-order valence-electron chi connectivity index (χ1n) is 6.36. The molecule has 104 valence electrons. The van der Waals surface area contributed by atoms with Gasteiger partial charge in [-0.05, 0) is 12.8 Å². The van der Waals surface area contributed by atoms with Crippen molar-refractivity contribution in [1.29, 1.82) is 0 Å². The van der Waals surface area contributed by atoms with Crippen molar-refractivity contribution in [2.75, 3.05) is 5.75 Å². The van der Waals surface area contributed by atoms with Gasteiger partial charge in [0, 0.05) is 6.04 Å². The monoisotopic (exact) mass is 283 g/mol. The first kappa shape index (κ1) is 13.9. The molecule has 0 atom stereocenters. The molecule has 1 fully saturated rings. The normalized spacial score (nSPS) is 16.2. The molecule has 0 spiro atoms. The zero-order valence-corrected chi connectivity index (χ0v) is 11.3. The largest absolute Gasteiger partial charge is 0.493 e. The molecule has 3 N–H and O–H groups in total. The van der Waals surface area contributed by atoms with Crippen molar-refractivity contribution in [3.63, 3.8) is 0 Å². The molecule has 0 unspecified atom stereocenters. The maximum Gasteiger partial charge on any atom is 0.255 e. The summed E-state index contributed by atoms with van der Waals surface area (Å²) in [7, 11) is 0.